The summed E-state index contributed by atoms with van der Waals surface area (Å²) < 4.78 is 46.6. The molecular formula is C22H18N4O5S. The average molecular weight is 450 g/mol. The fourth-order valence-corrected chi connectivity index (χ4v) is 4.20. The lowest BCUT2D eigenvalue weighted by Gasteiger charge is -2.19. The lowest BCUT2D eigenvalue weighted by Crippen LogP contribution is -2.17. The lowest BCUT2D eigenvalue weighted by molar-refractivity contribution is 0.171. The molecule has 0 saturated carbocycles. The quantitative estimate of drug-likeness (QED) is 0.478. The summed E-state index contributed by atoms with van der Waals surface area (Å²) in [4.78, 5) is 8.42. The number of rotatable bonds is 6. The smallest absolute Gasteiger partial charge is 0.262 e. The number of benzene rings is 2. The second-order valence-electron chi connectivity index (χ2n) is 6.84. The molecule has 0 aliphatic carbocycles. The molecule has 1 aliphatic rings. The van der Waals surface area contributed by atoms with Crippen LogP contribution in [-0.4, -0.2) is 36.2 Å². The topological polar surface area (TPSA) is 105 Å². The Labute approximate surface area is 184 Å². The molecule has 0 radical (unpaired) electrons. The van der Waals surface area contributed by atoms with Gasteiger partial charge in [-0.1, -0.05) is 0 Å². The molecule has 4 aromatic rings. The SMILES string of the molecule is O=S(=O)(Nc1ccc(Oc2cc(-n3cccc3)ncn2)cc1)c1ccc2c(c1)OCCO2. The molecule has 0 amide bonds. The maximum atomic E-state index is 12.8. The molecule has 3 heterocycles. The van der Waals surface area contributed by atoms with Gasteiger partial charge >= 0.3 is 0 Å². The lowest BCUT2D eigenvalue weighted by atomic mass is 10.3. The van der Waals surface area contributed by atoms with Crippen LogP contribution in [-0.2, 0) is 10.0 Å². The molecule has 5 rings (SSSR count). The number of hydrogen-bond donors (Lipinski definition) is 1. The molecule has 0 fully saturated rings. The van der Waals surface area contributed by atoms with Crippen LogP contribution in [0.5, 0.6) is 23.1 Å². The molecule has 10 heteroatoms. The first-order chi connectivity index (χ1) is 15.6. The van der Waals surface area contributed by atoms with E-state index in [0.717, 1.165) is 0 Å². The van der Waals surface area contributed by atoms with Gasteiger partial charge in [0, 0.05) is 30.2 Å². The van der Waals surface area contributed by atoms with Crippen molar-refractivity contribution < 1.29 is 22.6 Å². The number of nitrogens with one attached hydrogen (secondary N) is 1. The Balaban J connectivity index is 1.29. The van der Waals surface area contributed by atoms with E-state index in [1.165, 1.54) is 18.5 Å². The first-order valence-corrected chi connectivity index (χ1v) is 11.2. The summed E-state index contributed by atoms with van der Waals surface area (Å²) in [6, 6.07) is 16.5. The summed E-state index contributed by atoms with van der Waals surface area (Å²) in [5.41, 5.74) is 0.392. The maximum absolute atomic E-state index is 12.8. The molecule has 0 bridgehead atoms. The van der Waals surface area contributed by atoms with Crippen LogP contribution in [0.4, 0.5) is 5.69 Å². The van der Waals surface area contributed by atoms with Crippen molar-refractivity contribution in [2.24, 2.45) is 0 Å². The van der Waals surface area contributed by atoms with Crippen molar-refractivity contribution in [1.82, 2.24) is 14.5 Å². The van der Waals surface area contributed by atoms with Crippen LogP contribution in [0, 0.1) is 0 Å². The fraction of sp³-hybridized carbons (Fsp3) is 0.0909. The van der Waals surface area contributed by atoms with E-state index in [1.54, 1.807) is 36.4 Å². The average Bonchev–Trinajstić information content (AvgIpc) is 3.35. The minimum absolute atomic E-state index is 0.0839. The fourth-order valence-electron chi connectivity index (χ4n) is 3.13. The predicted molar refractivity (Wildman–Crippen MR) is 116 cm³/mol. The molecule has 1 N–H and O–H groups in total. The van der Waals surface area contributed by atoms with Gasteiger partial charge in [0.15, 0.2) is 11.5 Å². The van der Waals surface area contributed by atoms with Crippen LogP contribution < -0.4 is 18.9 Å². The monoisotopic (exact) mass is 450 g/mol. The minimum Gasteiger partial charge on any atom is -0.486 e. The molecule has 32 heavy (non-hydrogen) atoms. The van der Waals surface area contributed by atoms with Crippen LogP contribution in [0.25, 0.3) is 5.82 Å². The van der Waals surface area contributed by atoms with Gasteiger partial charge in [0.25, 0.3) is 10.0 Å². The van der Waals surface area contributed by atoms with E-state index in [9.17, 15) is 8.42 Å². The number of sulfonamides is 1. The number of aromatic nitrogens is 3. The second-order valence-corrected chi connectivity index (χ2v) is 8.52. The van der Waals surface area contributed by atoms with E-state index < -0.39 is 10.0 Å². The number of nitrogens with zero attached hydrogens (tertiary/aromatic N) is 3. The zero-order valence-electron chi connectivity index (χ0n) is 16.7. The third kappa shape index (κ3) is 4.21. The van der Waals surface area contributed by atoms with Crippen molar-refractivity contribution in [2.45, 2.75) is 4.90 Å². The first kappa shape index (κ1) is 19.9. The molecule has 0 saturated heterocycles. The van der Waals surface area contributed by atoms with E-state index in [1.807, 2.05) is 29.1 Å². The molecule has 2 aromatic heterocycles. The molecule has 1 aliphatic heterocycles. The van der Waals surface area contributed by atoms with Crippen LogP contribution in [0.2, 0.25) is 0 Å². The summed E-state index contributed by atoms with van der Waals surface area (Å²) in [5, 5.41) is 0. The Kier molecular flexibility index (Phi) is 5.12. The van der Waals surface area contributed by atoms with Gasteiger partial charge in [-0.2, -0.15) is 0 Å². The molecule has 9 nitrogen and oxygen atoms in total. The molecular weight excluding hydrogens is 432 g/mol. The zero-order valence-corrected chi connectivity index (χ0v) is 17.5. The zero-order chi connectivity index (χ0) is 22.0. The van der Waals surface area contributed by atoms with Gasteiger partial charge < -0.3 is 18.8 Å². The summed E-state index contributed by atoms with van der Waals surface area (Å²) in [6.45, 7) is 0.819. The van der Waals surface area contributed by atoms with Crippen LogP contribution >= 0.6 is 0 Å². The van der Waals surface area contributed by atoms with E-state index >= 15 is 0 Å². The van der Waals surface area contributed by atoms with Crippen LogP contribution in [0.3, 0.4) is 0 Å². The van der Waals surface area contributed by atoms with Crippen molar-refractivity contribution in [3.63, 3.8) is 0 Å². The Morgan fingerprint density at radius 2 is 1.66 bits per heavy atom. The van der Waals surface area contributed by atoms with E-state index in [-0.39, 0.29) is 4.90 Å². The Bertz CT molecular complexity index is 1340. The van der Waals surface area contributed by atoms with Crippen molar-refractivity contribution in [2.75, 3.05) is 17.9 Å². The van der Waals surface area contributed by atoms with Gasteiger partial charge in [-0.05, 0) is 48.5 Å². The maximum Gasteiger partial charge on any atom is 0.262 e. The Morgan fingerprint density at radius 3 is 2.44 bits per heavy atom. The van der Waals surface area contributed by atoms with Crippen molar-refractivity contribution in [3.8, 4) is 28.9 Å². The number of hydrogen-bond acceptors (Lipinski definition) is 7. The highest BCUT2D eigenvalue weighted by Crippen LogP contribution is 2.33. The molecule has 2 aromatic carbocycles. The number of fused-ring (bicyclic) bond motifs is 1. The van der Waals surface area contributed by atoms with Crippen LogP contribution in [0.15, 0.2) is 84.3 Å². The summed E-state index contributed by atoms with van der Waals surface area (Å²) in [7, 11) is -3.80. The van der Waals surface area contributed by atoms with Gasteiger partial charge in [0.2, 0.25) is 5.88 Å². The molecule has 0 atom stereocenters. The molecule has 162 valence electrons. The number of ether oxygens (including phenoxy) is 3. The van der Waals surface area contributed by atoms with Gasteiger partial charge in [0.05, 0.1) is 4.90 Å². The summed E-state index contributed by atoms with van der Waals surface area (Å²) in [6.07, 6.45) is 5.16. The minimum atomic E-state index is -3.80. The van der Waals surface area contributed by atoms with Gasteiger partial charge in [0.1, 0.15) is 31.1 Å². The van der Waals surface area contributed by atoms with E-state index in [2.05, 4.69) is 14.7 Å². The Hall–Kier alpha value is -4.05. The van der Waals surface area contributed by atoms with E-state index in [0.29, 0.717) is 47.8 Å². The molecule has 0 spiro atoms. The normalized spacial score (nSPS) is 12.9. The second kappa shape index (κ2) is 8.23. The summed E-state index contributed by atoms with van der Waals surface area (Å²) in [5.74, 6) is 2.48. The largest absolute Gasteiger partial charge is 0.486 e. The molecule has 0 unspecified atom stereocenters. The summed E-state index contributed by atoms with van der Waals surface area (Å²) >= 11 is 0. The highest BCUT2D eigenvalue weighted by Gasteiger charge is 2.19. The van der Waals surface area contributed by atoms with Gasteiger partial charge in [-0.25, -0.2) is 18.4 Å². The predicted octanol–water partition coefficient (Wildman–Crippen LogP) is 3.63. The van der Waals surface area contributed by atoms with E-state index in [4.69, 9.17) is 14.2 Å². The van der Waals surface area contributed by atoms with Crippen LogP contribution in [0.1, 0.15) is 0 Å². The third-order valence-electron chi connectivity index (χ3n) is 4.65. The van der Waals surface area contributed by atoms with Crippen molar-refractivity contribution in [1.29, 1.82) is 0 Å². The Morgan fingerprint density at radius 1 is 0.906 bits per heavy atom. The van der Waals surface area contributed by atoms with Crippen molar-refractivity contribution >= 4 is 15.7 Å². The number of anilines is 1. The van der Waals surface area contributed by atoms with Gasteiger partial charge in [-0.3, -0.25) is 4.72 Å². The first-order valence-electron chi connectivity index (χ1n) is 9.73. The highest BCUT2D eigenvalue weighted by atomic mass is 32.2. The van der Waals surface area contributed by atoms with Crippen molar-refractivity contribution in [3.05, 3.63) is 79.4 Å². The highest BCUT2D eigenvalue weighted by molar-refractivity contribution is 7.92. The standard InChI is InChI=1S/C22H18N4O5S/c27-32(28,18-7-8-19-20(13-18)30-12-11-29-19)25-16-3-5-17(6-4-16)31-22-14-21(23-15-24-22)26-9-1-2-10-26/h1-10,13-15,25H,11-12H2. The van der Waals surface area contributed by atoms with Gasteiger partial charge in [-0.15, -0.1) is 0 Å². The third-order valence-corrected chi connectivity index (χ3v) is 6.03.